The third kappa shape index (κ3) is 3.17. The van der Waals surface area contributed by atoms with Crippen LogP contribution in [0.5, 0.6) is 0 Å². The van der Waals surface area contributed by atoms with Gasteiger partial charge in [0.1, 0.15) is 11.6 Å². The van der Waals surface area contributed by atoms with Crippen LogP contribution in [0.3, 0.4) is 0 Å². The number of aryl methyl sites for hydroxylation is 1. The maximum atomic E-state index is 12.4. The van der Waals surface area contributed by atoms with Crippen LogP contribution < -0.4 is 4.90 Å². The Labute approximate surface area is 153 Å². The number of carbonyl (C=O) groups is 1. The Bertz CT molecular complexity index is 797. The Hall–Kier alpha value is -1.88. The first-order valence-electron chi connectivity index (χ1n) is 9.15. The van der Waals surface area contributed by atoms with E-state index in [2.05, 4.69) is 16.8 Å². The molecule has 1 aromatic carbocycles. The minimum Gasteiger partial charge on any atom is -0.352 e. The molecule has 0 bridgehead atoms. The minimum atomic E-state index is 0.278. The number of anilines is 1. The number of amides is 1. The van der Waals surface area contributed by atoms with Crippen molar-refractivity contribution in [1.29, 1.82) is 0 Å². The van der Waals surface area contributed by atoms with E-state index in [-0.39, 0.29) is 5.92 Å². The predicted octanol–water partition coefficient (Wildman–Crippen LogP) is 3.29. The molecule has 0 spiro atoms. The summed E-state index contributed by atoms with van der Waals surface area (Å²) in [6, 6.07) is 5.79. The van der Waals surface area contributed by atoms with Gasteiger partial charge in [-0.25, -0.2) is 9.97 Å². The number of rotatable bonds is 3. The van der Waals surface area contributed by atoms with Crippen molar-refractivity contribution in [3.05, 3.63) is 29.0 Å². The number of piperazine rings is 1. The summed E-state index contributed by atoms with van der Waals surface area (Å²) in [6.45, 7) is 5.24. The highest BCUT2D eigenvalue weighted by molar-refractivity contribution is 6.31. The van der Waals surface area contributed by atoms with Crippen LogP contribution in [0.4, 0.5) is 5.82 Å². The second kappa shape index (κ2) is 6.79. The zero-order chi connectivity index (χ0) is 17.4. The van der Waals surface area contributed by atoms with Crippen LogP contribution in [0.1, 0.15) is 32.0 Å². The third-order valence-corrected chi connectivity index (χ3v) is 5.58. The van der Waals surface area contributed by atoms with Crippen LogP contribution in [0.25, 0.3) is 10.9 Å². The molecule has 1 aliphatic heterocycles. The lowest BCUT2D eigenvalue weighted by Crippen LogP contribution is -2.51. The van der Waals surface area contributed by atoms with Gasteiger partial charge in [0, 0.05) is 48.9 Å². The van der Waals surface area contributed by atoms with Crippen molar-refractivity contribution >= 4 is 34.2 Å². The molecule has 1 aliphatic carbocycles. The molecule has 0 radical (unpaired) electrons. The summed E-state index contributed by atoms with van der Waals surface area (Å²) in [5.41, 5.74) is 0.891. The summed E-state index contributed by atoms with van der Waals surface area (Å²) in [5.74, 6) is 2.42. The molecule has 1 aromatic heterocycles. The molecule has 1 saturated heterocycles. The van der Waals surface area contributed by atoms with Gasteiger partial charge in [0.2, 0.25) is 5.91 Å². The molecule has 5 nitrogen and oxygen atoms in total. The molecular formula is C19H23ClN4O. The molecule has 0 atom stereocenters. The molecule has 132 valence electrons. The second-order valence-electron chi connectivity index (χ2n) is 6.92. The molecule has 0 unspecified atom stereocenters. The van der Waals surface area contributed by atoms with Gasteiger partial charge in [-0.3, -0.25) is 4.79 Å². The van der Waals surface area contributed by atoms with E-state index in [1.807, 2.05) is 23.1 Å². The lowest BCUT2D eigenvalue weighted by atomic mass is 9.84. The summed E-state index contributed by atoms with van der Waals surface area (Å²) in [7, 11) is 0. The van der Waals surface area contributed by atoms with E-state index >= 15 is 0 Å². The second-order valence-corrected chi connectivity index (χ2v) is 7.36. The quantitative estimate of drug-likeness (QED) is 0.844. The van der Waals surface area contributed by atoms with Crippen molar-refractivity contribution in [1.82, 2.24) is 14.9 Å². The van der Waals surface area contributed by atoms with Crippen molar-refractivity contribution in [3.8, 4) is 0 Å². The van der Waals surface area contributed by atoms with Gasteiger partial charge in [0.05, 0.1) is 5.52 Å². The van der Waals surface area contributed by atoms with Gasteiger partial charge in [-0.1, -0.05) is 24.9 Å². The highest BCUT2D eigenvalue weighted by Gasteiger charge is 2.31. The number of hydrogen-bond donors (Lipinski definition) is 0. The molecule has 0 N–H and O–H groups in total. The zero-order valence-corrected chi connectivity index (χ0v) is 15.3. The molecule has 1 amide bonds. The highest BCUT2D eigenvalue weighted by atomic mass is 35.5. The fourth-order valence-corrected chi connectivity index (χ4v) is 3.75. The average Bonchev–Trinajstić information content (AvgIpc) is 2.59. The van der Waals surface area contributed by atoms with E-state index in [0.29, 0.717) is 10.9 Å². The van der Waals surface area contributed by atoms with E-state index in [9.17, 15) is 4.79 Å². The zero-order valence-electron chi connectivity index (χ0n) is 14.5. The number of nitrogens with zero attached hydrogens (tertiary/aromatic N) is 4. The van der Waals surface area contributed by atoms with Crippen LogP contribution in [0, 0.1) is 5.92 Å². The monoisotopic (exact) mass is 358 g/mol. The average molecular weight is 359 g/mol. The molecule has 4 rings (SSSR count). The third-order valence-electron chi connectivity index (χ3n) is 5.35. The van der Waals surface area contributed by atoms with Gasteiger partial charge < -0.3 is 9.80 Å². The maximum Gasteiger partial charge on any atom is 0.225 e. The largest absolute Gasteiger partial charge is 0.352 e. The van der Waals surface area contributed by atoms with Crippen LogP contribution in [0.15, 0.2) is 18.2 Å². The Kier molecular flexibility index (Phi) is 4.50. The van der Waals surface area contributed by atoms with E-state index in [1.54, 1.807) is 0 Å². The van der Waals surface area contributed by atoms with Gasteiger partial charge in [-0.05, 0) is 31.0 Å². The van der Waals surface area contributed by atoms with Crippen LogP contribution in [-0.4, -0.2) is 47.0 Å². The van der Waals surface area contributed by atoms with Gasteiger partial charge in [-0.2, -0.15) is 0 Å². The number of hydrogen-bond acceptors (Lipinski definition) is 4. The fraction of sp³-hybridized carbons (Fsp3) is 0.526. The number of benzene rings is 1. The predicted molar refractivity (Wildman–Crippen MR) is 100 cm³/mol. The Morgan fingerprint density at radius 2 is 1.96 bits per heavy atom. The van der Waals surface area contributed by atoms with Crippen molar-refractivity contribution in [3.63, 3.8) is 0 Å². The topological polar surface area (TPSA) is 49.3 Å². The summed E-state index contributed by atoms with van der Waals surface area (Å²) >= 11 is 6.14. The Balaban J connectivity index is 1.57. The molecule has 2 aliphatic rings. The van der Waals surface area contributed by atoms with Gasteiger partial charge in [0.25, 0.3) is 0 Å². The molecule has 6 heteroatoms. The molecule has 1 saturated carbocycles. The highest BCUT2D eigenvalue weighted by Crippen LogP contribution is 2.30. The van der Waals surface area contributed by atoms with Gasteiger partial charge >= 0.3 is 0 Å². The van der Waals surface area contributed by atoms with E-state index in [4.69, 9.17) is 16.6 Å². The molecular weight excluding hydrogens is 336 g/mol. The number of fused-ring (bicyclic) bond motifs is 1. The molecule has 25 heavy (non-hydrogen) atoms. The molecule has 2 fully saturated rings. The van der Waals surface area contributed by atoms with Crippen molar-refractivity contribution in [2.45, 2.75) is 32.6 Å². The number of carbonyl (C=O) groups excluding carboxylic acids is 1. The van der Waals surface area contributed by atoms with E-state index in [1.165, 1.54) is 6.42 Å². The van der Waals surface area contributed by atoms with Crippen LogP contribution in [-0.2, 0) is 11.2 Å². The Morgan fingerprint density at radius 1 is 1.20 bits per heavy atom. The van der Waals surface area contributed by atoms with Gasteiger partial charge in [-0.15, -0.1) is 0 Å². The van der Waals surface area contributed by atoms with E-state index < -0.39 is 0 Å². The smallest absolute Gasteiger partial charge is 0.225 e. The number of halogens is 1. The van der Waals surface area contributed by atoms with Crippen molar-refractivity contribution < 1.29 is 4.79 Å². The molecule has 2 heterocycles. The first kappa shape index (κ1) is 16.6. The lowest BCUT2D eigenvalue weighted by molar-refractivity contribution is -0.138. The maximum absolute atomic E-state index is 12.4. The SMILES string of the molecule is CCc1nc(N2CCN(C(=O)C3CCC3)CC2)c2ccc(Cl)cc2n1. The lowest BCUT2D eigenvalue weighted by Gasteiger charge is -2.39. The number of aromatic nitrogens is 2. The van der Waals surface area contributed by atoms with Gasteiger partial charge in [0.15, 0.2) is 0 Å². The van der Waals surface area contributed by atoms with Crippen LogP contribution >= 0.6 is 11.6 Å². The minimum absolute atomic E-state index is 0.278. The fourth-order valence-electron chi connectivity index (χ4n) is 3.58. The van der Waals surface area contributed by atoms with Crippen molar-refractivity contribution in [2.75, 3.05) is 31.1 Å². The first-order chi connectivity index (χ1) is 12.2. The Morgan fingerprint density at radius 3 is 2.60 bits per heavy atom. The van der Waals surface area contributed by atoms with Crippen molar-refractivity contribution in [2.24, 2.45) is 5.92 Å². The summed E-state index contributed by atoms with van der Waals surface area (Å²) in [6.07, 6.45) is 4.12. The van der Waals surface area contributed by atoms with Crippen LogP contribution in [0.2, 0.25) is 5.02 Å². The summed E-state index contributed by atoms with van der Waals surface area (Å²) in [4.78, 5) is 26.1. The van der Waals surface area contributed by atoms with E-state index in [0.717, 1.165) is 68.0 Å². The molecule has 2 aromatic rings. The summed E-state index contributed by atoms with van der Waals surface area (Å²) < 4.78 is 0. The standard InChI is InChI=1S/C19H23ClN4O/c1-2-17-21-16-12-14(20)6-7-15(16)18(22-17)23-8-10-24(11-9-23)19(25)13-4-3-5-13/h6-7,12-13H,2-5,8-11H2,1H3. The normalized spacial score (nSPS) is 18.5. The first-order valence-corrected chi connectivity index (χ1v) is 9.53. The summed E-state index contributed by atoms with van der Waals surface area (Å²) in [5, 5.41) is 1.72.